The van der Waals surface area contributed by atoms with Crippen LogP contribution in [0, 0.1) is 20.8 Å². The predicted molar refractivity (Wildman–Crippen MR) is 165 cm³/mol. The maximum Gasteiger partial charge on any atom is 0.192 e. The van der Waals surface area contributed by atoms with Crippen LogP contribution in [0.3, 0.4) is 0 Å². The highest BCUT2D eigenvalue weighted by atomic mass is 28.4. The van der Waals surface area contributed by atoms with E-state index < -0.39 is 8.32 Å². The van der Waals surface area contributed by atoms with E-state index in [-0.39, 0.29) is 5.04 Å². The number of hydrogen-bond acceptors (Lipinski definition) is 7. The molecule has 8 heteroatoms. The zero-order valence-corrected chi connectivity index (χ0v) is 27.0. The number of benzene rings is 2. The van der Waals surface area contributed by atoms with Crippen molar-refractivity contribution in [2.45, 2.75) is 66.3 Å². The van der Waals surface area contributed by atoms with Gasteiger partial charge in [0.25, 0.3) is 0 Å². The van der Waals surface area contributed by atoms with Crippen LogP contribution in [0.1, 0.15) is 43.3 Å². The average molecular weight is 563 g/mol. The van der Waals surface area contributed by atoms with Gasteiger partial charge in [0.2, 0.25) is 0 Å². The lowest BCUT2D eigenvalue weighted by Gasteiger charge is -2.36. The normalized spacial score (nSPS) is 12.2. The number of aromatic nitrogens is 2. The minimum atomic E-state index is -2.00. The van der Waals surface area contributed by atoms with Crippen molar-refractivity contribution >= 4 is 29.9 Å². The van der Waals surface area contributed by atoms with E-state index in [1.54, 1.807) is 28.4 Å². The first-order valence-corrected chi connectivity index (χ1v) is 16.4. The van der Waals surface area contributed by atoms with Gasteiger partial charge in [0.05, 0.1) is 52.1 Å². The van der Waals surface area contributed by atoms with Gasteiger partial charge in [-0.25, -0.2) is 4.98 Å². The Labute approximate surface area is 238 Å². The van der Waals surface area contributed by atoms with Crippen LogP contribution in [0.2, 0.25) is 18.1 Å². The lowest BCUT2D eigenvalue weighted by molar-refractivity contribution is 0.272. The number of nitrogens with zero attached hydrogens (tertiary/aromatic N) is 2. The lowest BCUT2D eigenvalue weighted by Crippen LogP contribution is -2.40. The van der Waals surface area contributed by atoms with Gasteiger partial charge in [0.1, 0.15) is 11.5 Å². The fourth-order valence-corrected chi connectivity index (χ4v) is 5.92. The highest BCUT2D eigenvalue weighted by molar-refractivity contribution is 6.74. The molecule has 0 saturated heterocycles. The second kappa shape index (κ2) is 10.9. The van der Waals surface area contributed by atoms with Gasteiger partial charge in [0.15, 0.2) is 19.8 Å². The lowest BCUT2D eigenvalue weighted by atomic mass is 9.99. The van der Waals surface area contributed by atoms with Crippen LogP contribution >= 0.6 is 0 Å². The van der Waals surface area contributed by atoms with Gasteiger partial charge in [-0.05, 0) is 74.1 Å². The van der Waals surface area contributed by atoms with Crippen LogP contribution in [-0.4, -0.2) is 46.7 Å². The largest absolute Gasteiger partial charge is 0.496 e. The molecule has 0 aliphatic rings. The summed E-state index contributed by atoms with van der Waals surface area (Å²) in [6, 6.07) is 8.27. The van der Waals surface area contributed by atoms with Crippen molar-refractivity contribution < 1.29 is 23.4 Å². The first-order valence-electron chi connectivity index (χ1n) is 13.5. The summed E-state index contributed by atoms with van der Waals surface area (Å²) in [6.07, 6.45) is 0. The van der Waals surface area contributed by atoms with Crippen LogP contribution in [0.4, 0.5) is 0 Å². The number of methoxy groups -OCH3 is 4. The summed E-state index contributed by atoms with van der Waals surface area (Å²) in [6.45, 7) is 17.6. The fourth-order valence-electron chi connectivity index (χ4n) is 4.98. The van der Waals surface area contributed by atoms with Gasteiger partial charge in [-0.3, -0.25) is 4.98 Å². The molecule has 0 atom stereocenters. The Morgan fingerprint density at radius 3 is 1.98 bits per heavy atom. The van der Waals surface area contributed by atoms with Crippen LogP contribution in [0.15, 0.2) is 24.3 Å². The number of fused-ring (bicyclic) bond motifs is 2. The summed E-state index contributed by atoms with van der Waals surface area (Å²) in [5.41, 5.74) is 5.08. The minimum Gasteiger partial charge on any atom is -0.496 e. The predicted octanol–water partition coefficient (Wildman–Crippen LogP) is 7.93. The Bertz CT molecular complexity index is 1590. The van der Waals surface area contributed by atoms with Crippen molar-refractivity contribution in [1.82, 2.24) is 9.97 Å². The molecule has 0 aliphatic heterocycles. The second-order valence-corrected chi connectivity index (χ2v) is 16.6. The highest BCUT2D eigenvalue weighted by Gasteiger charge is 2.37. The Morgan fingerprint density at radius 2 is 1.40 bits per heavy atom. The Kier molecular flexibility index (Phi) is 8.07. The number of aryl methyl sites for hydroxylation is 2. The number of rotatable bonds is 8. The van der Waals surface area contributed by atoms with Crippen LogP contribution < -0.4 is 18.9 Å². The van der Waals surface area contributed by atoms with Crippen molar-refractivity contribution in [3.05, 3.63) is 46.8 Å². The van der Waals surface area contributed by atoms with E-state index in [0.29, 0.717) is 18.1 Å². The van der Waals surface area contributed by atoms with Crippen LogP contribution in [-0.2, 0) is 11.0 Å². The first-order chi connectivity index (χ1) is 18.8. The molecule has 0 spiro atoms. The van der Waals surface area contributed by atoms with Gasteiger partial charge in [-0.15, -0.1) is 0 Å². The van der Waals surface area contributed by atoms with E-state index >= 15 is 0 Å². The standard InChI is InChI=1S/C32H42N2O5Si/c1-18-13-21-14-25(33-20(3)27(21)31(38-10)29(18)36-8)28-23-16-26(35-7)19(2)30(37-9)24(23)15-22(34-28)17-39-40(11,12)32(4,5)6/h13-16H,17H2,1-12H3. The molecule has 0 amide bonds. The van der Waals surface area contributed by atoms with Gasteiger partial charge in [0, 0.05) is 27.4 Å². The molecule has 4 aromatic rings. The van der Waals surface area contributed by atoms with E-state index in [0.717, 1.165) is 66.9 Å². The van der Waals surface area contributed by atoms with Crippen molar-refractivity contribution in [1.29, 1.82) is 0 Å². The zero-order chi connectivity index (χ0) is 29.6. The fraction of sp³-hybridized carbons (Fsp3) is 0.438. The average Bonchev–Trinajstić information content (AvgIpc) is 2.89. The first kappa shape index (κ1) is 29.6. The number of ether oxygens (including phenoxy) is 4. The monoisotopic (exact) mass is 562 g/mol. The molecule has 7 nitrogen and oxygen atoms in total. The van der Waals surface area contributed by atoms with Gasteiger partial charge in [-0.1, -0.05) is 20.8 Å². The maximum atomic E-state index is 6.59. The van der Waals surface area contributed by atoms with Crippen molar-refractivity contribution in [2.75, 3.05) is 28.4 Å². The Morgan fingerprint density at radius 1 is 0.750 bits per heavy atom. The van der Waals surface area contributed by atoms with Crippen LogP contribution in [0.5, 0.6) is 23.0 Å². The molecule has 4 rings (SSSR count). The molecular formula is C32H42N2O5Si. The minimum absolute atomic E-state index is 0.0866. The van der Waals surface area contributed by atoms with Gasteiger partial charge >= 0.3 is 0 Å². The third kappa shape index (κ3) is 5.10. The summed E-state index contributed by atoms with van der Waals surface area (Å²) in [4.78, 5) is 10.2. The summed E-state index contributed by atoms with van der Waals surface area (Å²) in [7, 11) is 4.67. The van der Waals surface area contributed by atoms with E-state index in [1.807, 2.05) is 26.8 Å². The molecule has 0 radical (unpaired) electrons. The molecule has 0 unspecified atom stereocenters. The molecule has 0 N–H and O–H groups in total. The van der Waals surface area contributed by atoms with Crippen molar-refractivity contribution in [2.24, 2.45) is 0 Å². The summed E-state index contributed by atoms with van der Waals surface area (Å²) >= 11 is 0. The molecule has 0 bridgehead atoms. The molecule has 214 valence electrons. The topological polar surface area (TPSA) is 71.9 Å². The molecule has 40 heavy (non-hydrogen) atoms. The van der Waals surface area contributed by atoms with E-state index in [1.165, 1.54) is 0 Å². The van der Waals surface area contributed by atoms with Crippen molar-refractivity contribution in [3.8, 4) is 34.4 Å². The Hall–Kier alpha value is -3.36. The molecular weight excluding hydrogens is 520 g/mol. The number of pyridine rings is 2. The molecule has 2 aromatic carbocycles. The zero-order valence-electron chi connectivity index (χ0n) is 26.0. The molecule has 2 aromatic heterocycles. The Balaban J connectivity index is 2.03. The third-order valence-electron chi connectivity index (χ3n) is 8.20. The third-order valence-corrected chi connectivity index (χ3v) is 12.7. The van der Waals surface area contributed by atoms with Gasteiger partial charge in [-0.2, -0.15) is 0 Å². The van der Waals surface area contributed by atoms with Crippen molar-refractivity contribution in [3.63, 3.8) is 0 Å². The van der Waals surface area contributed by atoms with E-state index in [4.69, 9.17) is 33.3 Å². The van der Waals surface area contributed by atoms with Crippen LogP contribution in [0.25, 0.3) is 32.9 Å². The molecule has 0 fully saturated rings. The maximum absolute atomic E-state index is 6.59. The quantitative estimate of drug-likeness (QED) is 0.202. The SMILES string of the molecule is COc1cc2c(-c3cc4cc(C)c(OC)c(OC)c4c(C)n3)nc(CO[Si](C)(C)C(C)(C)C)cc2c(OC)c1C. The van der Waals surface area contributed by atoms with E-state index in [2.05, 4.69) is 52.1 Å². The molecule has 0 saturated carbocycles. The summed E-state index contributed by atoms with van der Waals surface area (Å²) in [5, 5.41) is 3.85. The number of hydrogen-bond donors (Lipinski definition) is 0. The smallest absolute Gasteiger partial charge is 0.192 e. The summed E-state index contributed by atoms with van der Waals surface area (Å²) in [5.74, 6) is 2.89. The van der Waals surface area contributed by atoms with Gasteiger partial charge < -0.3 is 23.4 Å². The molecule has 0 aliphatic carbocycles. The summed E-state index contributed by atoms with van der Waals surface area (Å²) < 4.78 is 29.7. The molecule has 2 heterocycles. The second-order valence-electron chi connectivity index (χ2n) is 11.8. The van der Waals surface area contributed by atoms with E-state index in [9.17, 15) is 0 Å². The highest BCUT2D eigenvalue weighted by Crippen LogP contribution is 2.44.